The van der Waals surface area contributed by atoms with Gasteiger partial charge in [0.15, 0.2) is 0 Å². The highest BCUT2D eigenvalue weighted by Crippen LogP contribution is 2.22. The van der Waals surface area contributed by atoms with Crippen LogP contribution >= 0.6 is 0 Å². The number of carbonyl (C=O) groups excluding carboxylic acids is 1. The highest BCUT2D eigenvalue weighted by Gasteiger charge is 2.13. The third-order valence-electron chi connectivity index (χ3n) is 5.35. The molecule has 2 atom stereocenters. The molecular formula is C26H30N2O4. The minimum Gasteiger partial charge on any atom is -0.508 e. The quantitative estimate of drug-likeness (QED) is 0.338. The minimum absolute atomic E-state index is 0.0115. The van der Waals surface area contributed by atoms with Crippen LogP contribution in [-0.2, 0) is 19.6 Å². The number of phenols is 1. The Morgan fingerprint density at radius 3 is 2.47 bits per heavy atom. The van der Waals surface area contributed by atoms with E-state index in [0.717, 1.165) is 11.1 Å². The van der Waals surface area contributed by atoms with Crippen LogP contribution in [0.15, 0.2) is 72.8 Å². The zero-order valence-electron chi connectivity index (χ0n) is 18.2. The van der Waals surface area contributed by atoms with Gasteiger partial charge in [0.05, 0.1) is 12.7 Å². The van der Waals surface area contributed by atoms with E-state index < -0.39 is 6.10 Å². The largest absolute Gasteiger partial charge is 0.508 e. The second-order valence-electron chi connectivity index (χ2n) is 7.94. The van der Waals surface area contributed by atoms with Gasteiger partial charge in [0, 0.05) is 30.3 Å². The smallest absolute Gasteiger partial charge is 0.251 e. The standard InChI is InChI=1S/C26H30N2O4/c1-18(27-16-25(31)21-10-11-24(30)23(14-21)17-29)12-20-8-5-9-22(13-20)26(32)28-15-19-6-3-2-4-7-19/h2-11,13-14,18,25,27,29-31H,12,15-17H2,1H3,(H,28,32)/t18-,25+/m1/s1. The van der Waals surface area contributed by atoms with Gasteiger partial charge in [0.25, 0.3) is 5.91 Å². The third kappa shape index (κ3) is 6.65. The molecular weight excluding hydrogens is 404 g/mol. The van der Waals surface area contributed by atoms with Crippen molar-refractivity contribution in [2.45, 2.75) is 38.6 Å². The van der Waals surface area contributed by atoms with Crippen molar-refractivity contribution in [3.8, 4) is 5.75 Å². The van der Waals surface area contributed by atoms with Crippen molar-refractivity contribution in [3.63, 3.8) is 0 Å². The number of hydrogen-bond acceptors (Lipinski definition) is 5. The molecule has 0 aromatic heterocycles. The number of carbonyl (C=O) groups is 1. The lowest BCUT2D eigenvalue weighted by atomic mass is 10.0. The topological polar surface area (TPSA) is 102 Å². The van der Waals surface area contributed by atoms with Crippen LogP contribution in [-0.4, -0.2) is 33.8 Å². The minimum atomic E-state index is -0.765. The maximum Gasteiger partial charge on any atom is 0.251 e. The Labute approximate surface area is 188 Å². The fourth-order valence-electron chi connectivity index (χ4n) is 3.52. The lowest BCUT2D eigenvalue weighted by Crippen LogP contribution is -2.32. The number of hydrogen-bond donors (Lipinski definition) is 5. The number of nitrogens with one attached hydrogen (secondary N) is 2. The van der Waals surface area contributed by atoms with Crippen molar-refractivity contribution >= 4 is 5.91 Å². The van der Waals surface area contributed by atoms with E-state index >= 15 is 0 Å². The molecule has 32 heavy (non-hydrogen) atoms. The van der Waals surface area contributed by atoms with Crippen LogP contribution in [0, 0.1) is 0 Å². The summed E-state index contributed by atoms with van der Waals surface area (Å²) in [6, 6.07) is 22.1. The first-order valence-electron chi connectivity index (χ1n) is 10.7. The molecule has 5 N–H and O–H groups in total. The molecule has 0 fully saturated rings. The fraction of sp³-hybridized carbons (Fsp3) is 0.269. The first-order chi connectivity index (χ1) is 15.5. The summed E-state index contributed by atoms with van der Waals surface area (Å²) >= 11 is 0. The first kappa shape index (κ1) is 23.5. The number of aliphatic hydroxyl groups is 2. The van der Waals surface area contributed by atoms with Gasteiger partial charge in [-0.25, -0.2) is 0 Å². The van der Waals surface area contributed by atoms with Crippen LogP contribution in [0.25, 0.3) is 0 Å². The van der Waals surface area contributed by atoms with Crippen LogP contribution in [0.5, 0.6) is 5.75 Å². The maximum atomic E-state index is 12.5. The number of rotatable bonds is 10. The van der Waals surface area contributed by atoms with Crippen molar-refractivity contribution in [2.24, 2.45) is 0 Å². The fourth-order valence-corrected chi connectivity index (χ4v) is 3.52. The van der Waals surface area contributed by atoms with Crippen molar-refractivity contribution in [2.75, 3.05) is 6.54 Å². The Hall–Kier alpha value is -3.19. The molecule has 0 saturated heterocycles. The molecule has 0 spiro atoms. The second-order valence-corrected chi connectivity index (χ2v) is 7.94. The van der Waals surface area contributed by atoms with Gasteiger partial charge in [0.1, 0.15) is 5.75 Å². The molecule has 1 amide bonds. The highest BCUT2D eigenvalue weighted by atomic mass is 16.3. The summed E-state index contributed by atoms with van der Waals surface area (Å²) in [6.07, 6.45) is -0.0669. The Morgan fingerprint density at radius 1 is 0.969 bits per heavy atom. The van der Waals surface area contributed by atoms with Gasteiger partial charge in [-0.2, -0.15) is 0 Å². The molecule has 0 bridgehead atoms. The molecule has 0 radical (unpaired) electrons. The Bertz CT molecular complexity index is 1020. The summed E-state index contributed by atoms with van der Waals surface area (Å²) in [5.41, 5.74) is 3.71. The molecule has 0 saturated carbocycles. The predicted octanol–water partition coefficient (Wildman–Crippen LogP) is 3.07. The summed E-state index contributed by atoms with van der Waals surface area (Å²) in [6.45, 7) is 2.54. The second kappa shape index (κ2) is 11.4. The van der Waals surface area contributed by atoms with Gasteiger partial charge >= 0.3 is 0 Å². The predicted molar refractivity (Wildman–Crippen MR) is 124 cm³/mol. The summed E-state index contributed by atoms with van der Waals surface area (Å²) in [5.74, 6) is -0.101. The third-order valence-corrected chi connectivity index (χ3v) is 5.35. The van der Waals surface area contributed by atoms with E-state index in [2.05, 4.69) is 10.6 Å². The summed E-state index contributed by atoms with van der Waals surface area (Å²) in [7, 11) is 0. The highest BCUT2D eigenvalue weighted by molar-refractivity contribution is 5.94. The van der Waals surface area contributed by atoms with Gasteiger partial charge < -0.3 is 26.0 Å². The van der Waals surface area contributed by atoms with E-state index in [0.29, 0.717) is 36.2 Å². The maximum absolute atomic E-state index is 12.5. The van der Waals surface area contributed by atoms with Crippen molar-refractivity contribution in [3.05, 3.63) is 101 Å². The summed E-state index contributed by atoms with van der Waals surface area (Å²) in [5, 5.41) is 35.6. The van der Waals surface area contributed by atoms with Crippen LogP contribution in [0.4, 0.5) is 0 Å². The molecule has 0 aliphatic carbocycles. The SMILES string of the molecule is C[C@H](Cc1cccc(C(=O)NCc2ccccc2)c1)NC[C@H](O)c1ccc(O)c(CO)c1. The van der Waals surface area contributed by atoms with Gasteiger partial charge in [-0.1, -0.05) is 48.5 Å². The molecule has 0 aliphatic rings. The number of amides is 1. The van der Waals surface area contributed by atoms with Crippen LogP contribution < -0.4 is 10.6 Å². The van der Waals surface area contributed by atoms with Crippen LogP contribution in [0.1, 0.15) is 45.6 Å². The molecule has 3 aromatic rings. The molecule has 3 aromatic carbocycles. The van der Waals surface area contributed by atoms with Crippen molar-refractivity contribution in [1.29, 1.82) is 0 Å². The van der Waals surface area contributed by atoms with E-state index in [4.69, 9.17) is 0 Å². The van der Waals surface area contributed by atoms with E-state index in [1.165, 1.54) is 6.07 Å². The lowest BCUT2D eigenvalue weighted by Gasteiger charge is -2.18. The Kier molecular flexibility index (Phi) is 8.39. The van der Waals surface area contributed by atoms with Gasteiger partial charge in [-0.05, 0) is 54.3 Å². The molecule has 6 heteroatoms. The van der Waals surface area contributed by atoms with E-state index in [1.54, 1.807) is 18.2 Å². The molecule has 0 heterocycles. The Morgan fingerprint density at radius 2 is 1.72 bits per heavy atom. The summed E-state index contributed by atoms with van der Waals surface area (Å²) < 4.78 is 0. The molecule has 0 aliphatic heterocycles. The van der Waals surface area contributed by atoms with E-state index in [-0.39, 0.29) is 24.3 Å². The lowest BCUT2D eigenvalue weighted by molar-refractivity contribution is 0.0950. The zero-order valence-corrected chi connectivity index (χ0v) is 18.2. The van der Waals surface area contributed by atoms with Crippen LogP contribution in [0.2, 0.25) is 0 Å². The monoisotopic (exact) mass is 434 g/mol. The summed E-state index contributed by atoms with van der Waals surface area (Å²) in [4.78, 5) is 12.5. The van der Waals surface area contributed by atoms with Crippen LogP contribution in [0.3, 0.4) is 0 Å². The van der Waals surface area contributed by atoms with Gasteiger partial charge in [-0.15, -0.1) is 0 Å². The van der Waals surface area contributed by atoms with Crippen molar-refractivity contribution < 1.29 is 20.1 Å². The Balaban J connectivity index is 1.51. The molecule has 168 valence electrons. The molecule has 6 nitrogen and oxygen atoms in total. The number of aromatic hydroxyl groups is 1. The van der Waals surface area contributed by atoms with Gasteiger partial charge in [0.2, 0.25) is 0 Å². The molecule has 0 unspecified atom stereocenters. The zero-order chi connectivity index (χ0) is 22.9. The van der Waals surface area contributed by atoms with E-state index in [1.807, 2.05) is 55.5 Å². The number of aliphatic hydroxyl groups excluding tert-OH is 2. The average Bonchev–Trinajstić information content (AvgIpc) is 2.82. The van der Waals surface area contributed by atoms with Gasteiger partial charge in [-0.3, -0.25) is 4.79 Å². The normalized spacial score (nSPS) is 12.8. The molecule has 3 rings (SSSR count). The van der Waals surface area contributed by atoms with E-state index in [9.17, 15) is 20.1 Å². The first-order valence-corrected chi connectivity index (χ1v) is 10.7. The average molecular weight is 435 g/mol. The number of benzene rings is 3. The van der Waals surface area contributed by atoms with Crippen molar-refractivity contribution in [1.82, 2.24) is 10.6 Å².